The Balaban J connectivity index is 1.65. The van der Waals surface area contributed by atoms with Crippen LogP contribution in [0.25, 0.3) is 0 Å². The van der Waals surface area contributed by atoms with Crippen LogP contribution in [0.2, 0.25) is 0 Å². The van der Waals surface area contributed by atoms with Crippen LogP contribution in [0.1, 0.15) is 35.5 Å². The van der Waals surface area contributed by atoms with Crippen molar-refractivity contribution in [2.45, 2.75) is 33.0 Å². The van der Waals surface area contributed by atoms with Crippen LogP contribution in [-0.2, 0) is 13.1 Å². The Morgan fingerprint density at radius 3 is 2.65 bits per heavy atom. The first-order valence-corrected chi connectivity index (χ1v) is 10.4. The summed E-state index contributed by atoms with van der Waals surface area (Å²) >= 11 is 0. The lowest BCUT2D eigenvalue weighted by molar-refractivity contribution is 0.0599. The maximum absolute atomic E-state index is 11.8. The predicted octanol–water partition coefficient (Wildman–Crippen LogP) is 4.32. The number of ether oxygens (including phenoxy) is 2. The number of Topliss-reactive ketones (excluding diaryl/α,β-unsaturated/α-hetero) is 1. The highest BCUT2D eigenvalue weighted by Gasteiger charge is 2.16. The molecule has 0 saturated heterocycles. The van der Waals surface area contributed by atoms with Crippen molar-refractivity contribution >= 4 is 5.78 Å². The molecule has 1 N–H and O–H groups in total. The van der Waals surface area contributed by atoms with E-state index in [0.29, 0.717) is 37.6 Å². The van der Waals surface area contributed by atoms with E-state index >= 15 is 0 Å². The van der Waals surface area contributed by atoms with Gasteiger partial charge in [0.1, 0.15) is 30.0 Å². The highest BCUT2D eigenvalue weighted by atomic mass is 16.5. The second-order valence-corrected chi connectivity index (χ2v) is 7.35. The monoisotopic (exact) mass is 423 g/mol. The van der Waals surface area contributed by atoms with Gasteiger partial charge in [0.25, 0.3) is 0 Å². The Morgan fingerprint density at radius 1 is 1.06 bits per heavy atom. The molecule has 6 nitrogen and oxygen atoms in total. The summed E-state index contributed by atoms with van der Waals surface area (Å²) in [6, 6.07) is 18.8. The zero-order valence-electron chi connectivity index (χ0n) is 18.0. The predicted molar refractivity (Wildman–Crippen MR) is 118 cm³/mol. The zero-order chi connectivity index (χ0) is 22.1. The molecule has 31 heavy (non-hydrogen) atoms. The minimum absolute atomic E-state index is 0.0706. The maximum atomic E-state index is 11.8. The van der Waals surface area contributed by atoms with E-state index in [9.17, 15) is 9.90 Å². The van der Waals surface area contributed by atoms with Gasteiger partial charge in [-0.2, -0.15) is 0 Å². The number of carbonyl (C=O) groups is 1. The van der Waals surface area contributed by atoms with Gasteiger partial charge in [-0.3, -0.25) is 9.69 Å². The van der Waals surface area contributed by atoms with Crippen molar-refractivity contribution in [1.29, 1.82) is 0 Å². The van der Waals surface area contributed by atoms with E-state index < -0.39 is 6.10 Å². The number of rotatable bonds is 12. The number of aliphatic hydroxyl groups is 1. The van der Waals surface area contributed by atoms with Gasteiger partial charge in [-0.1, -0.05) is 24.3 Å². The normalized spacial score (nSPS) is 12.0. The Labute approximate surface area is 183 Å². The van der Waals surface area contributed by atoms with Crippen LogP contribution >= 0.6 is 0 Å². The number of hydrogen-bond donors (Lipinski definition) is 1. The smallest absolute Gasteiger partial charge is 0.163 e. The number of carbonyl (C=O) groups excluding carboxylic acids is 1. The molecule has 0 fully saturated rings. The first kappa shape index (κ1) is 22.6. The molecular weight excluding hydrogens is 394 g/mol. The van der Waals surface area contributed by atoms with Crippen molar-refractivity contribution in [2.75, 3.05) is 19.8 Å². The standard InChI is InChI=1S/C25H29NO5/c1-3-29-22-9-6-8-20(14-22)15-26(17-23-10-7-13-30-23)16-21(28)18-31-25-12-5-4-11-24(25)19(2)27/h4-14,21,28H,3,15-18H2,1-2H3. The van der Waals surface area contributed by atoms with E-state index in [2.05, 4.69) is 4.90 Å². The van der Waals surface area contributed by atoms with Crippen LogP contribution in [-0.4, -0.2) is 41.7 Å². The highest BCUT2D eigenvalue weighted by Crippen LogP contribution is 2.20. The Morgan fingerprint density at radius 2 is 1.90 bits per heavy atom. The number of hydrogen-bond acceptors (Lipinski definition) is 6. The summed E-state index contributed by atoms with van der Waals surface area (Å²) in [4.78, 5) is 13.9. The molecule has 0 saturated carbocycles. The summed E-state index contributed by atoms with van der Waals surface area (Å²) in [5, 5.41) is 10.6. The number of nitrogens with zero attached hydrogens (tertiary/aromatic N) is 1. The van der Waals surface area contributed by atoms with E-state index in [0.717, 1.165) is 17.1 Å². The molecule has 1 heterocycles. The number of para-hydroxylation sites is 1. The number of furan rings is 1. The van der Waals surface area contributed by atoms with Crippen molar-refractivity contribution < 1.29 is 23.8 Å². The van der Waals surface area contributed by atoms with E-state index in [1.54, 1.807) is 24.5 Å². The van der Waals surface area contributed by atoms with Crippen LogP contribution in [0.3, 0.4) is 0 Å². The molecule has 0 spiro atoms. The van der Waals surface area contributed by atoms with Crippen molar-refractivity contribution in [3.05, 3.63) is 83.8 Å². The molecule has 0 radical (unpaired) electrons. The van der Waals surface area contributed by atoms with Crippen molar-refractivity contribution in [1.82, 2.24) is 4.90 Å². The third kappa shape index (κ3) is 6.98. The summed E-state index contributed by atoms with van der Waals surface area (Å²) in [5.41, 5.74) is 1.59. The Kier molecular flexibility index (Phi) is 8.27. The molecule has 2 aromatic carbocycles. The third-order valence-corrected chi connectivity index (χ3v) is 4.74. The molecule has 0 aliphatic carbocycles. The van der Waals surface area contributed by atoms with Crippen LogP contribution in [0.5, 0.6) is 11.5 Å². The first-order valence-electron chi connectivity index (χ1n) is 10.4. The van der Waals surface area contributed by atoms with Crippen molar-refractivity contribution in [2.24, 2.45) is 0 Å². The second kappa shape index (κ2) is 11.3. The molecule has 164 valence electrons. The lowest BCUT2D eigenvalue weighted by Crippen LogP contribution is -2.35. The summed E-state index contributed by atoms with van der Waals surface area (Å²) in [6.45, 7) is 5.68. The quantitative estimate of drug-likeness (QED) is 0.438. The first-order chi connectivity index (χ1) is 15.0. The summed E-state index contributed by atoms with van der Waals surface area (Å²) in [7, 11) is 0. The van der Waals surface area contributed by atoms with Gasteiger partial charge in [0.2, 0.25) is 0 Å². The number of aliphatic hydroxyl groups excluding tert-OH is 1. The average Bonchev–Trinajstić information content (AvgIpc) is 3.26. The van der Waals surface area contributed by atoms with Gasteiger partial charge in [-0.25, -0.2) is 0 Å². The topological polar surface area (TPSA) is 72.1 Å². The van der Waals surface area contributed by atoms with Crippen LogP contribution in [0, 0.1) is 0 Å². The second-order valence-electron chi connectivity index (χ2n) is 7.35. The van der Waals surface area contributed by atoms with Gasteiger partial charge in [-0.15, -0.1) is 0 Å². The van der Waals surface area contributed by atoms with Gasteiger partial charge in [0, 0.05) is 13.1 Å². The fraction of sp³-hybridized carbons (Fsp3) is 0.320. The number of benzene rings is 2. The zero-order valence-corrected chi connectivity index (χ0v) is 18.0. The van der Waals surface area contributed by atoms with Gasteiger partial charge in [0.05, 0.1) is 25.0 Å². The summed E-state index contributed by atoms with van der Waals surface area (Å²) in [5.74, 6) is 2.05. The fourth-order valence-electron chi connectivity index (χ4n) is 3.39. The van der Waals surface area contributed by atoms with Crippen LogP contribution in [0.15, 0.2) is 71.3 Å². The summed E-state index contributed by atoms with van der Waals surface area (Å²) < 4.78 is 16.9. The maximum Gasteiger partial charge on any atom is 0.163 e. The molecule has 1 aromatic heterocycles. The van der Waals surface area contributed by atoms with Gasteiger partial charge < -0.3 is 19.0 Å². The summed E-state index contributed by atoms with van der Waals surface area (Å²) in [6.07, 6.45) is 0.895. The van der Waals surface area contributed by atoms with E-state index in [-0.39, 0.29) is 12.4 Å². The van der Waals surface area contributed by atoms with Crippen molar-refractivity contribution in [3.63, 3.8) is 0 Å². The van der Waals surface area contributed by atoms with E-state index in [1.807, 2.05) is 49.4 Å². The average molecular weight is 424 g/mol. The molecule has 3 aromatic rings. The van der Waals surface area contributed by atoms with E-state index in [4.69, 9.17) is 13.9 Å². The lowest BCUT2D eigenvalue weighted by atomic mass is 10.1. The van der Waals surface area contributed by atoms with Crippen LogP contribution < -0.4 is 9.47 Å². The molecule has 6 heteroatoms. The molecular formula is C25H29NO5. The molecule has 0 aliphatic heterocycles. The highest BCUT2D eigenvalue weighted by molar-refractivity contribution is 5.96. The largest absolute Gasteiger partial charge is 0.494 e. The Bertz CT molecular complexity index is 954. The molecule has 1 unspecified atom stereocenters. The lowest BCUT2D eigenvalue weighted by Gasteiger charge is -2.25. The molecule has 0 aliphatic rings. The van der Waals surface area contributed by atoms with Gasteiger partial charge >= 0.3 is 0 Å². The molecule has 3 rings (SSSR count). The van der Waals surface area contributed by atoms with Gasteiger partial charge in [-0.05, 0) is 55.8 Å². The minimum atomic E-state index is -0.745. The minimum Gasteiger partial charge on any atom is -0.494 e. The number of ketones is 1. The van der Waals surface area contributed by atoms with E-state index in [1.165, 1.54) is 6.92 Å². The van der Waals surface area contributed by atoms with Gasteiger partial charge in [0.15, 0.2) is 5.78 Å². The Hall–Kier alpha value is -3.09. The van der Waals surface area contributed by atoms with Crippen LogP contribution in [0.4, 0.5) is 0 Å². The molecule has 0 bridgehead atoms. The third-order valence-electron chi connectivity index (χ3n) is 4.74. The van der Waals surface area contributed by atoms with Crippen molar-refractivity contribution in [3.8, 4) is 11.5 Å². The fourth-order valence-corrected chi connectivity index (χ4v) is 3.39. The molecule has 0 amide bonds. The molecule has 1 atom stereocenters. The SMILES string of the molecule is CCOc1cccc(CN(Cc2ccco2)CC(O)COc2ccccc2C(C)=O)c1.